The fraction of sp³-hybridized carbons (Fsp3) is 0.200. The van der Waals surface area contributed by atoms with Gasteiger partial charge in [-0.1, -0.05) is 29.8 Å². The van der Waals surface area contributed by atoms with Crippen LogP contribution < -0.4 is 5.32 Å². The van der Waals surface area contributed by atoms with Crippen LogP contribution in [-0.2, 0) is 13.6 Å². The van der Waals surface area contributed by atoms with Gasteiger partial charge in [0.2, 0.25) is 5.95 Å². The van der Waals surface area contributed by atoms with E-state index in [-0.39, 0.29) is 0 Å². The van der Waals surface area contributed by atoms with Crippen LogP contribution in [0.1, 0.15) is 5.56 Å². The molecule has 2 aromatic rings. The number of aromatic nitrogens is 3. The number of hydrogen-bond donors (Lipinski definition) is 1. The van der Waals surface area contributed by atoms with Crippen molar-refractivity contribution in [3.05, 3.63) is 41.2 Å². The van der Waals surface area contributed by atoms with Crippen molar-refractivity contribution in [2.24, 2.45) is 7.05 Å². The monoisotopic (exact) mass is 222 g/mol. The highest BCUT2D eigenvalue weighted by atomic mass is 35.5. The Morgan fingerprint density at radius 1 is 1.40 bits per heavy atom. The zero-order valence-electron chi connectivity index (χ0n) is 8.31. The van der Waals surface area contributed by atoms with Crippen LogP contribution in [0.2, 0.25) is 5.02 Å². The van der Waals surface area contributed by atoms with Gasteiger partial charge in [-0.3, -0.25) is 0 Å². The SMILES string of the molecule is Cn1ncnc1NCc1ccccc1Cl. The maximum absolute atomic E-state index is 6.02. The first-order valence-corrected chi connectivity index (χ1v) is 4.96. The van der Waals surface area contributed by atoms with E-state index in [0.717, 1.165) is 16.5 Å². The minimum Gasteiger partial charge on any atom is -0.350 e. The molecule has 0 saturated carbocycles. The quantitative estimate of drug-likeness (QED) is 0.865. The van der Waals surface area contributed by atoms with E-state index in [9.17, 15) is 0 Å². The van der Waals surface area contributed by atoms with E-state index in [1.54, 1.807) is 4.68 Å². The van der Waals surface area contributed by atoms with Crippen molar-refractivity contribution in [3.63, 3.8) is 0 Å². The summed E-state index contributed by atoms with van der Waals surface area (Å²) in [6.07, 6.45) is 1.51. The number of nitrogens with zero attached hydrogens (tertiary/aromatic N) is 3. The van der Waals surface area contributed by atoms with Crippen molar-refractivity contribution in [2.45, 2.75) is 6.54 Å². The highest BCUT2D eigenvalue weighted by Crippen LogP contribution is 2.15. The molecule has 0 amide bonds. The number of hydrogen-bond acceptors (Lipinski definition) is 3. The van der Waals surface area contributed by atoms with Crippen LogP contribution >= 0.6 is 11.6 Å². The van der Waals surface area contributed by atoms with E-state index >= 15 is 0 Å². The second kappa shape index (κ2) is 4.31. The lowest BCUT2D eigenvalue weighted by Crippen LogP contribution is -2.05. The third-order valence-corrected chi connectivity index (χ3v) is 2.47. The van der Waals surface area contributed by atoms with Crippen LogP contribution in [0.15, 0.2) is 30.6 Å². The molecular formula is C10H11ClN4. The Morgan fingerprint density at radius 2 is 2.20 bits per heavy atom. The summed E-state index contributed by atoms with van der Waals surface area (Å²) in [6, 6.07) is 7.72. The molecule has 0 aliphatic carbocycles. The zero-order valence-corrected chi connectivity index (χ0v) is 9.07. The molecule has 4 nitrogen and oxygen atoms in total. The summed E-state index contributed by atoms with van der Waals surface area (Å²) in [6.45, 7) is 0.645. The van der Waals surface area contributed by atoms with Gasteiger partial charge in [0, 0.05) is 18.6 Å². The van der Waals surface area contributed by atoms with Gasteiger partial charge in [-0.05, 0) is 11.6 Å². The molecule has 0 aliphatic heterocycles. The topological polar surface area (TPSA) is 42.7 Å². The van der Waals surface area contributed by atoms with E-state index in [4.69, 9.17) is 11.6 Å². The van der Waals surface area contributed by atoms with Crippen LogP contribution in [0, 0.1) is 0 Å². The Balaban J connectivity index is 2.06. The lowest BCUT2D eigenvalue weighted by Gasteiger charge is -2.06. The number of halogens is 1. The van der Waals surface area contributed by atoms with Gasteiger partial charge in [0.25, 0.3) is 0 Å². The van der Waals surface area contributed by atoms with Gasteiger partial charge < -0.3 is 5.32 Å². The molecule has 0 bridgehead atoms. The van der Waals surface area contributed by atoms with Crippen molar-refractivity contribution in [1.29, 1.82) is 0 Å². The second-order valence-electron chi connectivity index (χ2n) is 3.15. The fourth-order valence-corrected chi connectivity index (χ4v) is 1.47. The van der Waals surface area contributed by atoms with Gasteiger partial charge in [-0.25, -0.2) is 4.68 Å². The lowest BCUT2D eigenvalue weighted by atomic mass is 10.2. The fourth-order valence-electron chi connectivity index (χ4n) is 1.27. The Labute approximate surface area is 92.9 Å². The first-order valence-electron chi connectivity index (χ1n) is 4.58. The molecule has 0 atom stereocenters. The first kappa shape index (κ1) is 9.98. The molecule has 1 N–H and O–H groups in total. The average molecular weight is 223 g/mol. The molecule has 0 fully saturated rings. The number of rotatable bonds is 3. The molecule has 0 unspecified atom stereocenters. The minimum absolute atomic E-state index is 0.645. The zero-order chi connectivity index (χ0) is 10.7. The Kier molecular flexibility index (Phi) is 2.87. The van der Waals surface area contributed by atoms with Crippen LogP contribution in [-0.4, -0.2) is 14.8 Å². The van der Waals surface area contributed by atoms with Crippen molar-refractivity contribution < 1.29 is 0 Å². The van der Waals surface area contributed by atoms with E-state index < -0.39 is 0 Å². The third kappa shape index (κ3) is 2.27. The average Bonchev–Trinajstić information content (AvgIpc) is 2.63. The minimum atomic E-state index is 0.645. The summed E-state index contributed by atoms with van der Waals surface area (Å²) < 4.78 is 1.68. The molecular weight excluding hydrogens is 212 g/mol. The summed E-state index contributed by atoms with van der Waals surface area (Å²) >= 11 is 6.02. The highest BCUT2D eigenvalue weighted by Gasteiger charge is 2.01. The van der Waals surface area contributed by atoms with Crippen LogP contribution in [0.5, 0.6) is 0 Å². The van der Waals surface area contributed by atoms with Gasteiger partial charge in [0.05, 0.1) is 0 Å². The van der Waals surface area contributed by atoms with E-state index in [2.05, 4.69) is 15.4 Å². The number of benzene rings is 1. The maximum Gasteiger partial charge on any atom is 0.221 e. The van der Waals surface area contributed by atoms with Crippen LogP contribution in [0.25, 0.3) is 0 Å². The normalized spacial score (nSPS) is 10.3. The molecule has 5 heteroatoms. The predicted octanol–water partition coefficient (Wildman–Crippen LogP) is 2.08. The van der Waals surface area contributed by atoms with Gasteiger partial charge in [0.15, 0.2) is 0 Å². The molecule has 0 spiro atoms. The molecule has 2 rings (SSSR count). The predicted molar refractivity (Wildman–Crippen MR) is 59.8 cm³/mol. The summed E-state index contributed by atoms with van der Waals surface area (Å²) in [7, 11) is 1.84. The van der Waals surface area contributed by atoms with E-state index in [1.807, 2.05) is 31.3 Å². The summed E-state index contributed by atoms with van der Waals surface area (Å²) in [5, 5.41) is 7.87. The largest absolute Gasteiger partial charge is 0.350 e. The smallest absolute Gasteiger partial charge is 0.221 e. The van der Waals surface area contributed by atoms with Crippen molar-refractivity contribution in [2.75, 3.05) is 5.32 Å². The van der Waals surface area contributed by atoms with E-state index in [1.165, 1.54) is 6.33 Å². The Morgan fingerprint density at radius 3 is 2.87 bits per heavy atom. The molecule has 0 saturated heterocycles. The molecule has 0 aliphatic rings. The maximum atomic E-state index is 6.02. The van der Waals surface area contributed by atoms with Crippen molar-refractivity contribution in [1.82, 2.24) is 14.8 Å². The second-order valence-corrected chi connectivity index (χ2v) is 3.56. The molecule has 1 aromatic carbocycles. The van der Waals surface area contributed by atoms with Crippen molar-refractivity contribution >= 4 is 17.5 Å². The molecule has 78 valence electrons. The lowest BCUT2D eigenvalue weighted by molar-refractivity contribution is 0.767. The van der Waals surface area contributed by atoms with Gasteiger partial charge in [0.1, 0.15) is 6.33 Å². The number of anilines is 1. The van der Waals surface area contributed by atoms with Crippen LogP contribution in [0.3, 0.4) is 0 Å². The van der Waals surface area contributed by atoms with E-state index in [0.29, 0.717) is 6.54 Å². The van der Waals surface area contributed by atoms with Gasteiger partial charge in [-0.2, -0.15) is 10.1 Å². The standard InChI is InChI=1S/C10H11ClN4/c1-15-10(13-7-14-15)12-6-8-4-2-3-5-9(8)11/h2-5,7H,6H2,1H3,(H,12,13,14). The summed E-state index contributed by atoms with van der Waals surface area (Å²) in [4.78, 5) is 4.06. The summed E-state index contributed by atoms with van der Waals surface area (Å²) in [5.41, 5.74) is 1.04. The van der Waals surface area contributed by atoms with Crippen LogP contribution in [0.4, 0.5) is 5.95 Å². The molecule has 1 aromatic heterocycles. The number of nitrogens with one attached hydrogen (secondary N) is 1. The first-order chi connectivity index (χ1) is 7.27. The summed E-state index contributed by atoms with van der Waals surface area (Å²) in [5.74, 6) is 0.731. The number of aryl methyl sites for hydroxylation is 1. The Bertz CT molecular complexity index is 452. The van der Waals surface area contributed by atoms with Gasteiger partial charge >= 0.3 is 0 Å². The Hall–Kier alpha value is -1.55. The third-order valence-electron chi connectivity index (χ3n) is 2.11. The molecule has 1 heterocycles. The highest BCUT2D eigenvalue weighted by molar-refractivity contribution is 6.31. The van der Waals surface area contributed by atoms with Gasteiger partial charge in [-0.15, -0.1) is 0 Å². The van der Waals surface area contributed by atoms with Crippen molar-refractivity contribution in [3.8, 4) is 0 Å². The molecule has 15 heavy (non-hydrogen) atoms. The molecule has 0 radical (unpaired) electrons.